The molecule has 2 heterocycles. The highest BCUT2D eigenvalue weighted by Gasteiger charge is 2.40. The summed E-state index contributed by atoms with van der Waals surface area (Å²) in [5.74, 6) is -4.88. The number of aryl methyl sites for hydroxylation is 1. The Hall–Kier alpha value is -2.89. The number of hydrogen-bond acceptors (Lipinski definition) is 4. The standard InChI is InChI=1S/C19H19F6N5O/c20-13-9-15(22)14(21)8-12(13)3-1-2-11(4-5-26)17(31)29-6-7-30-16(10-29)27-28-18(30)19(23,24)25/h2,8-9H,1,3-7,10,26H2/b11-2+. The first-order valence-corrected chi connectivity index (χ1v) is 9.43. The number of carbonyl (C=O) groups is 1. The lowest BCUT2D eigenvalue weighted by Crippen LogP contribution is -2.40. The maximum Gasteiger partial charge on any atom is 0.451 e. The Morgan fingerprint density at radius 3 is 2.48 bits per heavy atom. The molecule has 0 bridgehead atoms. The summed E-state index contributed by atoms with van der Waals surface area (Å²) >= 11 is 0. The smallest absolute Gasteiger partial charge is 0.330 e. The minimum atomic E-state index is -4.64. The van der Waals surface area contributed by atoms with E-state index < -0.39 is 35.4 Å². The van der Waals surface area contributed by atoms with E-state index in [4.69, 9.17) is 5.73 Å². The van der Waals surface area contributed by atoms with Crippen molar-refractivity contribution in [1.29, 1.82) is 0 Å². The molecule has 1 aliphatic heterocycles. The van der Waals surface area contributed by atoms with E-state index in [0.29, 0.717) is 11.6 Å². The number of benzene rings is 1. The molecule has 0 saturated carbocycles. The van der Waals surface area contributed by atoms with Gasteiger partial charge in [0, 0.05) is 24.7 Å². The first-order valence-electron chi connectivity index (χ1n) is 9.43. The van der Waals surface area contributed by atoms with Crippen molar-refractivity contribution in [3.63, 3.8) is 0 Å². The molecule has 1 aliphatic rings. The maximum atomic E-state index is 13.8. The molecule has 0 fully saturated rings. The van der Waals surface area contributed by atoms with E-state index in [-0.39, 0.29) is 56.8 Å². The van der Waals surface area contributed by atoms with E-state index in [1.807, 2.05) is 0 Å². The summed E-state index contributed by atoms with van der Waals surface area (Å²) in [7, 11) is 0. The zero-order valence-corrected chi connectivity index (χ0v) is 16.2. The molecule has 168 valence electrons. The van der Waals surface area contributed by atoms with Crippen LogP contribution in [0.3, 0.4) is 0 Å². The average molecular weight is 447 g/mol. The molecule has 0 atom stereocenters. The number of nitrogens with zero attached hydrogens (tertiary/aromatic N) is 4. The van der Waals surface area contributed by atoms with Crippen LogP contribution in [0.4, 0.5) is 26.3 Å². The van der Waals surface area contributed by atoms with Gasteiger partial charge >= 0.3 is 6.18 Å². The molecule has 12 heteroatoms. The van der Waals surface area contributed by atoms with Crippen molar-refractivity contribution in [2.24, 2.45) is 5.73 Å². The lowest BCUT2D eigenvalue weighted by Gasteiger charge is -2.29. The van der Waals surface area contributed by atoms with Crippen LogP contribution in [0.25, 0.3) is 0 Å². The lowest BCUT2D eigenvalue weighted by atomic mass is 10.0. The molecule has 3 rings (SSSR count). The molecule has 6 nitrogen and oxygen atoms in total. The van der Waals surface area contributed by atoms with Gasteiger partial charge in [-0.05, 0) is 37.4 Å². The van der Waals surface area contributed by atoms with E-state index in [2.05, 4.69) is 10.2 Å². The lowest BCUT2D eigenvalue weighted by molar-refractivity contribution is -0.148. The van der Waals surface area contributed by atoms with Crippen LogP contribution in [-0.2, 0) is 30.5 Å². The number of halogens is 6. The molecule has 31 heavy (non-hydrogen) atoms. The fourth-order valence-electron chi connectivity index (χ4n) is 3.35. The minimum absolute atomic E-state index is 0.0166. The Kier molecular flexibility index (Phi) is 6.68. The highest BCUT2D eigenvalue weighted by Crippen LogP contribution is 2.29. The zero-order valence-electron chi connectivity index (χ0n) is 16.2. The number of nitrogens with two attached hydrogens (primary N) is 1. The topological polar surface area (TPSA) is 77.0 Å². The fourth-order valence-corrected chi connectivity index (χ4v) is 3.35. The molecule has 0 radical (unpaired) electrons. The summed E-state index contributed by atoms with van der Waals surface area (Å²) in [5, 5.41) is 6.71. The monoisotopic (exact) mass is 447 g/mol. The van der Waals surface area contributed by atoms with Gasteiger partial charge in [0.2, 0.25) is 11.7 Å². The second-order valence-corrected chi connectivity index (χ2v) is 6.98. The number of carbonyl (C=O) groups excluding carboxylic acids is 1. The normalized spacial score (nSPS) is 14.7. The van der Waals surface area contributed by atoms with Crippen LogP contribution in [0.5, 0.6) is 0 Å². The van der Waals surface area contributed by atoms with Crippen LogP contribution in [0.15, 0.2) is 23.8 Å². The van der Waals surface area contributed by atoms with E-state index in [1.165, 1.54) is 11.0 Å². The van der Waals surface area contributed by atoms with Crippen molar-refractivity contribution in [1.82, 2.24) is 19.7 Å². The number of fused-ring (bicyclic) bond motifs is 1. The van der Waals surface area contributed by atoms with Crippen LogP contribution in [0, 0.1) is 17.5 Å². The van der Waals surface area contributed by atoms with E-state index >= 15 is 0 Å². The molecule has 0 aliphatic carbocycles. The van der Waals surface area contributed by atoms with Crippen LogP contribution < -0.4 is 5.73 Å². The summed E-state index contributed by atoms with van der Waals surface area (Å²) in [5.41, 5.74) is 5.81. The molecule has 0 spiro atoms. The number of amides is 1. The first-order chi connectivity index (χ1) is 14.6. The third-order valence-corrected chi connectivity index (χ3v) is 4.88. The third-order valence-electron chi connectivity index (χ3n) is 4.88. The first kappa shape index (κ1) is 22.8. The predicted octanol–water partition coefficient (Wildman–Crippen LogP) is 2.96. The van der Waals surface area contributed by atoms with Gasteiger partial charge in [0.1, 0.15) is 5.82 Å². The molecule has 1 amide bonds. The van der Waals surface area contributed by atoms with Crippen molar-refractivity contribution < 1.29 is 31.1 Å². The van der Waals surface area contributed by atoms with E-state index in [0.717, 1.165) is 10.6 Å². The summed E-state index contributed by atoms with van der Waals surface area (Å²) in [6, 6.07) is 1.22. The molecule has 2 aromatic rings. The van der Waals surface area contributed by atoms with E-state index in [9.17, 15) is 31.1 Å². The van der Waals surface area contributed by atoms with Gasteiger partial charge in [0.15, 0.2) is 17.5 Å². The van der Waals surface area contributed by atoms with Gasteiger partial charge in [-0.15, -0.1) is 10.2 Å². The molecular weight excluding hydrogens is 428 g/mol. The van der Waals surface area contributed by atoms with E-state index in [1.54, 1.807) is 0 Å². The van der Waals surface area contributed by atoms with Crippen LogP contribution in [-0.4, -0.2) is 38.7 Å². The third kappa shape index (κ3) is 5.06. The quantitative estimate of drug-likeness (QED) is 0.420. The maximum absolute atomic E-state index is 13.8. The largest absolute Gasteiger partial charge is 0.451 e. The zero-order chi connectivity index (χ0) is 22.8. The van der Waals surface area contributed by atoms with Gasteiger partial charge < -0.3 is 15.2 Å². The Balaban J connectivity index is 1.71. The summed E-state index contributed by atoms with van der Waals surface area (Å²) < 4.78 is 79.9. The van der Waals surface area contributed by atoms with Gasteiger partial charge in [0.25, 0.3) is 0 Å². The number of hydrogen-bond donors (Lipinski definition) is 1. The van der Waals surface area contributed by atoms with Crippen LogP contribution in [0.1, 0.15) is 30.1 Å². The van der Waals surface area contributed by atoms with Crippen LogP contribution in [0.2, 0.25) is 0 Å². The Morgan fingerprint density at radius 2 is 1.81 bits per heavy atom. The molecule has 0 unspecified atom stereocenters. The van der Waals surface area contributed by atoms with Gasteiger partial charge in [0.05, 0.1) is 6.54 Å². The molecule has 2 N–H and O–H groups in total. The SMILES string of the molecule is NCC/C(=C\CCc1cc(F)c(F)cc1F)C(=O)N1CCn2c(nnc2C(F)(F)F)C1. The molecule has 1 aromatic heterocycles. The fraction of sp³-hybridized carbons (Fsp3) is 0.421. The van der Waals surface area contributed by atoms with Gasteiger partial charge in [-0.3, -0.25) is 4.79 Å². The Labute approximate surface area is 173 Å². The van der Waals surface area contributed by atoms with Gasteiger partial charge in [-0.25, -0.2) is 13.2 Å². The Bertz CT molecular complexity index is 1000. The number of rotatable bonds is 6. The van der Waals surface area contributed by atoms with Crippen molar-refractivity contribution >= 4 is 5.91 Å². The second-order valence-electron chi connectivity index (χ2n) is 6.98. The summed E-state index contributed by atoms with van der Waals surface area (Å²) in [6.07, 6.45) is -2.75. The van der Waals surface area contributed by atoms with Crippen molar-refractivity contribution in [3.05, 3.63) is 58.4 Å². The van der Waals surface area contributed by atoms with Crippen molar-refractivity contribution in [2.75, 3.05) is 13.1 Å². The number of allylic oxidation sites excluding steroid dienone is 1. The van der Waals surface area contributed by atoms with Crippen molar-refractivity contribution in [3.8, 4) is 0 Å². The molecular formula is C19H19F6N5O. The predicted molar refractivity (Wildman–Crippen MR) is 96.8 cm³/mol. The molecule has 1 aromatic carbocycles. The second kappa shape index (κ2) is 9.08. The average Bonchev–Trinajstić information content (AvgIpc) is 3.14. The summed E-state index contributed by atoms with van der Waals surface area (Å²) in [4.78, 5) is 14.2. The van der Waals surface area contributed by atoms with Gasteiger partial charge in [-0.2, -0.15) is 13.2 Å². The highest BCUT2D eigenvalue weighted by molar-refractivity contribution is 5.93. The minimum Gasteiger partial charge on any atom is -0.330 e. The van der Waals surface area contributed by atoms with Crippen molar-refractivity contribution in [2.45, 2.75) is 38.5 Å². The summed E-state index contributed by atoms with van der Waals surface area (Å²) in [6.45, 7) is -0.105. The number of aromatic nitrogens is 3. The number of alkyl halides is 3. The Morgan fingerprint density at radius 1 is 1.10 bits per heavy atom. The van der Waals surface area contributed by atoms with Crippen LogP contribution >= 0.6 is 0 Å². The van der Waals surface area contributed by atoms with Gasteiger partial charge in [-0.1, -0.05) is 6.08 Å². The molecule has 0 saturated heterocycles. The highest BCUT2D eigenvalue weighted by atomic mass is 19.4.